The maximum atomic E-state index is 11.5. The minimum absolute atomic E-state index is 0.0104. The van der Waals surface area contributed by atoms with E-state index in [9.17, 15) is 13.2 Å². The predicted octanol–water partition coefficient (Wildman–Crippen LogP) is -0.684. The molecule has 78 valence electrons. The number of fused-ring (bicyclic) bond motifs is 1. The van der Waals surface area contributed by atoms with Crippen LogP contribution in [0.4, 0.5) is 0 Å². The molecule has 3 saturated heterocycles. The molecular formula is C8H10O5S. The van der Waals surface area contributed by atoms with Gasteiger partial charge in [-0.1, -0.05) is 6.92 Å². The first-order valence-electron chi connectivity index (χ1n) is 4.59. The van der Waals surface area contributed by atoms with Gasteiger partial charge in [0.1, 0.15) is 23.7 Å². The summed E-state index contributed by atoms with van der Waals surface area (Å²) in [7, 11) is -3.58. The maximum absolute atomic E-state index is 11.5. The van der Waals surface area contributed by atoms with E-state index in [2.05, 4.69) is 0 Å². The van der Waals surface area contributed by atoms with Gasteiger partial charge in [-0.15, -0.1) is 0 Å². The zero-order valence-electron chi connectivity index (χ0n) is 7.49. The maximum Gasteiger partial charge on any atom is 0.274 e. The Balaban J connectivity index is 2.13. The molecule has 2 bridgehead atoms. The van der Waals surface area contributed by atoms with Crippen LogP contribution in [0.5, 0.6) is 0 Å². The average Bonchev–Trinajstić information content (AvgIpc) is 2.67. The lowest BCUT2D eigenvalue weighted by Crippen LogP contribution is -2.41. The number of carbonyl (C=O) groups is 1. The van der Waals surface area contributed by atoms with Crippen LogP contribution < -0.4 is 0 Å². The van der Waals surface area contributed by atoms with E-state index in [1.165, 1.54) is 0 Å². The van der Waals surface area contributed by atoms with Gasteiger partial charge in [0, 0.05) is 5.92 Å². The molecule has 3 heterocycles. The second kappa shape index (κ2) is 2.37. The van der Waals surface area contributed by atoms with Crippen LogP contribution in [0.2, 0.25) is 0 Å². The fraction of sp³-hybridized carbons (Fsp3) is 0.875. The van der Waals surface area contributed by atoms with Gasteiger partial charge in [-0.2, -0.15) is 8.42 Å². The smallest absolute Gasteiger partial charge is 0.274 e. The third-order valence-corrected chi connectivity index (χ3v) is 5.23. The summed E-state index contributed by atoms with van der Waals surface area (Å²) < 4.78 is 33.5. The second-order valence-corrected chi connectivity index (χ2v) is 5.88. The highest BCUT2D eigenvalue weighted by molar-refractivity contribution is 7.87. The lowest BCUT2D eigenvalue weighted by Gasteiger charge is -2.21. The Hall–Kier alpha value is -0.460. The molecule has 0 N–H and O–H groups in total. The molecule has 0 aromatic carbocycles. The Morgan fingerprint density at radius 3 is 2.57 bits per heavy atom. The number of ether oxygens (including phenoxy) is 1. The van der Waals surface area contributed by atoms with Crippen LogP contribution >= 0.6 is 0 Å². The number of hydrogen-bond acceptors (Lipinski definition) is 5. The largest absolute Gasteiger partial charge is 0.370 e. The van der Waals surface area contributed by atoms with Crippen molar-refractivity contribution >= 4 is 16.4 Å². The zero-order chi connectivity index (χ0) is 10.1. The molecule has 5 nitrogen and oxygen atoms in total. The Kier molecular flexibility index (Phi) is 1.49. The topological polar surface area (TPSA) is 69.7 Å². The number of aldehydes is 1. The van der Waals surface area contributed by atoms with Crippen molar-refractivity contribution in [2.45, 2.75) is 30.5 Å². The summed E-state index contributed by atoms with van der Waals surface area (Å²) >= 11 is 0. The highest BCUT2D eigenvalue weighted by Crippen LogP contribution is 2.51. The molecule has 0 spiro atoms. The van der Waals surface area contributed by atoms with Crippen LogP contribution in [0.3, 0.4) is 0 Å². The quantitative estimate of drug-likeness (QED) is 0.430. The monoisotopic (exact) mass is 218 g/mol. The van der Waals surface area contributed by atoms with Crippen LogP contribution in [0, 0.1) is 11.8 Å². The predicted molar refractivity (Wildman–Crippen MR) is 45.0 cm³/mol. The van der Waals surface area contributed by atoms with Crippen LogP contribution in [0.15, 0.2) is 0 Å². The normalized spacial score (nSPS) is 57.8. The van der Waals surface area contributed by atoms with Gasteiger partial charge in [0.2, 0.25) is 0 Å². The summed E-state index contributed by atoms with van der Waals surface area (Å²) in [6.45, 7) is 1.86. The van der Waals surface area contributed by atoms with Crippen LogP contribution in [0.1, 0.15) is 6.92 Å². The molecule has 0 aliphatic carbocycles. The van der Waals surface area contributed by atoms with Crippen molar-refractivity contribution in [1.82, 2.24) is 0 Å². The molecule has 6 unspecified atom stereocenters. The summed E-state index contributed by atoms with van der Waals surface area (Å²) in [5.74, 6) is -0.553. The van der Waals surface area contributed by atoms with Crippen LogP contribution in [-0.2, 0) is 23.8 Å². The second-order valence-electron chi connectivity index (χ2n) is 4.16. The van der Waals surface area contributed by atoms with Crippen molar-refractivity contribution in [2.75, 3.05) is 0 Å². The molecule has 0 aromatic heterocycles. The van der Waals surface area contributed by atoms with Crippen molar-refractivity contribution in [2.24, 2.45) is 11.8 Å². The first-order valence-corrected chi connectivity index (χ1v) is 6.06. The molecular weight excluding hydrogens is 208 g/mol. The Bertz CT molecular complexity index is 389. The summed E-state index contributed by atoms with van der Waals surface area (Å²) in [4.78, 5) is 10.8. The summed E-state index contributed by atoms with van der Waals surface area (Å²) in [6, 6.07) is 0. The van der Waals surface area contributed by atoms with Crippen LogP contribution in [-0.4, -0.2) is 38.3 Å². The van der Waals surface area contributed by atoms with Crippen molar-refractivity contribution in [1.29, 1.82) is 0 Å². The van der Waals surface area contributed by atoms with Crippen molar-refractivity contribution in [3.05, 3.63) is 0 Å². The van der Waals surface area contributed by atoms with Gasteiger partial charge in [0.25, 0.3) is 10.1 Å². The first kappa shape index (κ1) is 8.82. The standard InChI is InChI=1S/C8H10O5S/c1-3-5-4(2-9)8-7(12-5)6(3)13-14(8,10)11/h2-8H,1H3. The molecule has 0 saturated carbocycles. The third kappa shape index (κ3) is 0.780. The van der Waals surface area contributed by atoms with Gasteiger partial charge in [0.05, 0.1) is 12.0 Å². The van der Waals surface area contributed by atoms with Gasteiger partial charge in [-0.3, -0.25) is 4.18 Å². The summed E-state index contributed by atoms with van der Waals surface area (Å²) in [6.07, 6.45) is -0.375. The van der Waals surface area contributed by atoms with E-state index in [0.717, 1.165) is 0 Å². The van der Waals surface area contributed by atoms with E-state index in [1.807, 2.05) is 6.92 Å². The van der Waals surface area contributed by atoms with E-state index in [0.29, 0.717) is 6.29 Å². The highest BCUT2D eigenvalue weighted by Gasteiger charge is 2.69. The van der Waals surface area contributed by atoms with Gasteiger partial charge in [0.15, 0.2) is 0 Å². The molecule has 3 aliphatic rings. The molecule has 0 aromatic rings. The van der Waals surface area contributed by atoms with Crippen molar-refractivity contribution < 1.29 is 22.1 Å². The molecule has 0 radical (unpaired) electrons. The lowest BCUT2D eigenvalue weighted by atomic mass is 9.81. The third-order valence-electron chi connectivity index (χ3n) is 3.49. The Morgan fingerprint density at radius 1 is 1.21 bits per heavy atom. The molecule has 0 amide bonds. The van der Waals surface area contributed by atoms with Crippen molar-refractivity contribution in [3.63, 3.8) is 0 Å². The van der Waals surface area contributed by atoms with Gasteiger partial charge >= 0.3 is 0 Å². The molecule has 3 fully saturated rings. The number of hydrogen-bond donors (Lipinski definition) is 0. The summed E-state index contributed by atoms with van der Waals surface area (Å²) in [5, 5.41) is -0.758. The Morgan fingerprint density at radius 2 is 1.93 bits per heavy atom. The minimum Gasteiger partial charge on any atom is -0.370 e. The number of carbonyl (C=O) groups excluding carboxylic acids is 1. The number of rotatable bonds is 1. The Labute approximate surface area is 81.5 Å². The van der Waals surface area contributed by atoms with Gasteiger partial charge in [-0.05, 0) is 0 Å². The first-order chi connectivity index (χ1) is 6.56. The average molecular weight is 218 g/mol. The van der Waals surface area contributed by atoms with Crippen LogP contribution in [0.25, 0.3) is 0 Å². The van der Waals surface area contributed by atoms with E-state index < -0.39 is 27.4 Å². The van der Waals surface area contributed by atoms with Crippen molar-refractivity contribution in [3.8, 4) is 0 Å². The van der Waals surface area contributed by atoms with E-state index >= 15 is 0 Å². The molecule has 3 aliphatic heterocycles. The minimum atomic E-state index is -3.58. The molecule has 14 heavy (non-hydrogen) atoms. The SMILES string of the molecule is CC1C2OC3C1OS(=O)(=O)C3C2C=O. The van der Waals surface area contributed by atoms with E-state index in [-0.39, 0.29) is 18.1 Å². The molecule has 6 atom stereocenters. The zero-order valence-corrected chi connectivity index (χ0v) is 8.31. The summed E-state index contributed by atoms with van der Waals surface area (Å²) in [5.41, 5.74) is 0. The molecule has 3 rings (SSSR count). The van der Waals surface area contributed by atoms with E-state index in [1.54, 1.807) is 0 Å². The highest BCUT2D eigenvalue weighted by atomic mass is 32.2. The van der Waals surface area contributed by atoms with E-state index in [4.69, 9.17) is 8.92 Å². The fourth-order valence-electron chi connectivity index (χ4n) is 2.85. The lowest BCUT2D eigenvalue weighted by molar-refractivity contribution is -0.112. The van der Waals surface area contributed by atoms with Gasteiger partial charge < -0.3 is 9.53 Å². The van der Waals surface area contributed by atoms with Gasteiger partial charge in [-0.25, -0.2) is 0 Å². The molecule has 6 heteroatoms. The fourth-order valence-corrected chi connectivity index (χ4v) is 4.73.